The molecular weight excluding hydrogens is 291 g/mol. The fraction of sp³-hybridized carbons (Fsp3) is 1.00. The van der Waals surface area contributed by atoms with Gasteiger partial charge in [-0.15, -0.1) is 0 Å². The summed E-state index contributed by atoms with van der Waals surface area (Å²) in [5, 5.41) is 16.8. The number of aliphatic hydroxyl groups excluding tert-OH is 2. The van der Waals surface area contributed by atoms with Gasteiger partial charge in [-0.3, -0.25) is 0 Å². The van der Waals surface area contributed by atoms with Gasteiger partial charge in [0.25, 0.3) is 0 Å². The number of rotatable bonds is 6. The van der Waals surface area contributed by atoms with Crippen LogP contribution in [0.15, 0.2) is 0 Å². The molecule has 0 heterocycles. The number of hydrogen-bond acceptors (Lipinski definition) is 2. The van der Waals surface area contributed by atoms with E-state index in [-0.39, 0.29) is 30.3 Å². The van der Waals surface area contributed by atoms with Gasteiger partial charge in [-0.1, -0.05) is 0 Å². The third kappa shape index (κ3) is 45.8. The first-order chi connectivity index (χ1) is 7.12. The first-order valence-electron chi connectivity index (χ1n) is 5.95. The SMILES string of the molecule is C[N+](C)(C)CCCO.C[N+](C)(C)CCCO.O.[Cl-].[Cl-]. The number of aliphatic hydroxyl groups is 2. The Balaban J connectivity index is -0.0000000594. The molecule has 19 heavy (non-hydrogen) atoms. The molecule has 0 aromatic rings. The molecule has 5 nitrogen and oxygen atoms in total. The zero-order valence-corrected chi connectivity index (χ0v) is 14.8. The van der Waals surface area contributed by atoms with Crippen molar-refractivity contribution in [2.75, 3.05) is 68.6 Å². The lowest BCUT2D eigenvalue weighted by Gasteiger charge is -2.22. The Hall–Kier alpha value is 0.380. The van der Waals surface area contributed by atoms with Crippen molar-refractivity contribution < 1.29 is 49.5 Å². The number of nitrogens with zero attached hydrogens (tertiary/aromatic N) is 2. The molecule has 0 rings (SSSR count). The summed E-state index contributed by atoms with van der Waals surface area (Å²) in [4.78, 5) is 0. The van der Waals surface area contributed by atoms with Crippen molar-refractivity contribution in [3.8, 4) is 0 Å². The van der Waals surface area contributed by atoms with Crippen molar-refractivity contribution in [2.45, 2.75) is 12.8 Å². The van der Waals surface area contributed by atoms with Gasteiger partial charge in [-0.25, -0.2) is 0 Å². The average molecular weight is 325 g/mol. The molecule has 0 saturated heterocycles. The van der Waals surface area contributed by atoms with E-state index in [4.69, 9.17) is 10.2 Å². The highest BCUT2D eigenvalue weighted by atomic mass is 35.5. The fourth-order valence-electron chi connectivity index (χ4n) is 1.09. The van der Waals surface area contributed by atoms with Gasteiger partial charge in [0.05, 0.1) is 55.4 Å². The Morgan fingerprint density at radius 3 is 0.895 bits per heavy atom. The minimum Gasteiger partial charge on any atom is -1.00 e. The van der Waals surface area contributed by atoms with Crippen LogP contribution in [0.1, 0.15) is 12.8 Å². The van der Waals surface area contributed by atoms with E-state index in [1.54, 1.807) is 0 Å². The van der Waals surface area contributed by atoms with Crippen molar-refractivity contribution in [1.82, 2.24) is 0 Å². The van der Waals surface area contributed by atoms with Crippen LogP contribution < -0.4 is 24.8 Å². The smallest absolute Gasteiger partial charge is 0.0802 e. The first kappa shape index (κ1) is 31.7. The molecule has 0 radical (unpaired) electrons. The summed E-state index contributed by atoms with van der Waals surface area (Å²) in [7, 11) is 12.7. The van der Waals surface area contributed by atoms with Crippen LogP contribution >= 0.6 is 0 Å². The predicted molar refractivity (Wildman–Crippen MR) is 72.8 cm³/mol. The van der Waals surface area contributed by atoms with Gasteiger partial charge in [0.15, 0.2) is 0 Å². The van der Waals surface area contributed by atoms with Gasteiger partial charge in [-0.05, 0) is 0 Å². The Kier molecular flexibility index (Phi) is 27.4. The number of hydrogen-bond donors (Lipinski definition) is 2. The minimum absolute atomic E-state index is 0. The summed E-state index contributed by atoms with van der Waals surface area (Å²) in [6.07, 6.45) is 1.81. The van der Waals surface area contributed by atoms with Crippen molar-refractivity contribution in [3.63, 3.8) is 0 Å². The van der Waals surface area contributed by atoms with Crippen molar-refractivity contribution in [3.05, 3.63) is 0 Å². The van der Waals surface area contributed by atoms with Gasteiger partial charge in [0, 0.05) is 26.1 Å². The molecule has 124 valence electrons. The summed E-state index contributed by atoms with van der Waals surface area (Å²) in [6, 6.07) is 0. The zero-order chi connectivity index (χ0) is 13.2. The highest BCUT2D eigenvalue weighted by molar-refractivity contribution is 4.29. The van der Waals surface area contributed by atoms with Crippen molar-refractivity contribution in [1.29, 1.82) is 0 Å². The predicted octanol–water partition coefficient (Wildman–Crippen LogP) is -6.67. The molecule has 0 fully saturated rings. The van der Waals surface area contributed by atoms with Gasteiger partial charge < -0.3 is 49.5 Å². The molecule has 0 aromatic heterocycles. The lowest BCUT2D eigenvalue weighted by Crippen LogP contribution is -3.00. The van der Waals surface area contributed by atoms with E-state index in [0.717, 1.165) is 34.9 Å². The first-order valence-corrected chi connectivity index (χ1v) is 5.95. The molecule has 0 aliphatic heterocycles. The maximum atomic E-state index is 8.42. The van der Waals surface area contributed by atoms with E-state index in [1.165, 1.54) is 0 Å². The zero-order valence-electron chi connectivity index (χ0n) is 13.3. The van der Waals surface area contributed by atoms with Crippen LogP contribution in [0.2, 0.25) is 0 Å². The molecule has 0 unspecified atom stereocenters. The molecule has 0 aliphatic rings. The topological polar surface area (TPSA) is 72.0 Å². The van der Waals surface area contributed by atoms with Gasteiger partial charge in [0.1, 0.15) is 0 Å². The highest BCUT2D eigenvalue weighted by Crippen LogP contribution is 1.91. The Morgan fingerprint density at radius 1 is 0.632 bits per heavy atom. The summed E-state index contributed by atoms with van der Waals surface area (Å²) in [5.41, 5.74) is 0. The summed E-state index contributed by atoms with van der Waals surface area (Å²) < 4.78 is 1.89. The molecule has 0 spiro atoms. The van der Waals surface area contributed by atoms with E-state index in [2.05, 4.69) is 42.3 Å². The minimum atomic E-state index is 0. The van der Waals surface area contributed by atoms with Crippen LogP contribution in [0, 0.1) is 0 Å². The Labute approximate surface area is 131 Å². The summed E-state index contributed by atoms with van der Waals surface area (Å²) in [5.74, 6) is 0. The maximum absolute atomic E-state index is 8.42. The van der Waals surface area contributed by atoms with Crippen molar-refractivity contribution >= 4 is 0 Å². The van der Waals surface area contributed by atoms with Crippen LogP contribution in [0.3, 0.4) is 0 Å². The monoisotopic (exact) mass is 324 g/mol. The molecule has 0 aliphatic carbocycles. The second-order valence-electron chi connectivity index (χ2n) is 6.18. The largest absolute Gasteiger partial charge is 1.00 e. The van der Waals surface area contributed by atoms with Crippen LogP contribution in [0.4, 0.5) is 0 Å². The van der Waals surface area contributed by atoms with E-state index >= 15 is 0 Å². The number of quaternary nitrogens is 2. The summed E-state index contributed by atoms with van der Waals surface area (Å²) in [6.45, 7) is 2.73. The second kappa shape index (κ2) is 16.4. The molecular formula is C12H34Cl2N2O3. The second-order valence-corrected chi connectivity index (χ2v) is 6.18. The molecule has 0 saturated carbocycles. The third-order valence-corrected chi connectivity index (χ3v) is 1.97. The highest BCUT2D eigenvalue weighted by Gasteiger charge is 2.04. The molecule has 0 amide bonds. The normalized spacial score (nSPS) is 10.1. The van der Waals surface area contributed by atoms with Gasteiger partial charge >= 0.3 is 0 Å². The van der Waals surface area contributed by atoms with Crippen LogP contribution in [-0.4, -0.2) is 93.2 Å². The van der Waals surface area contributed by atoms with Crippen molar-refractivity contribution in [2.24, 2.45) is 0 Å². The lowest BCUT2D eigenvalue weighted by atomic mass is 10.4. The van der Waals surface area contributed by atoms with Crippen LogP contribution in [-0.2, 0) is 0 Å². The van der Waals surface area contributed by atoms with Crippen LogP contribution in [0.25, 0.3) is 0 Å². The standard InChI is InChI=1S/2C6H16NO.2ClH.H2O/c2*1-7(2,3)5-4-6-8;;;/h2*8H,4-6H2,1-3H3;2*1H;1H2/q2*+1;;;/p-2. The molecule has 0 atom stereocenters. The third-order valence-electron chi connectivity index (χ3n) is 1.97. The fourth-order valence-corrected chi connectivity index (χ4v) is 1.09. The van der Waals surface area contributed by atoms with Gasteiger partial charge in [-0.2, -0.15) is 0 Å². The Morgan fingerprint density at radius 2 is 0.842 bits per heavy atom. The number of halogens is 2. The maximum Gasteiger partial charge on any atom is 0.0802 e. The summed E-state index contributed by atoms with van der Waals surface area (Å²) >= 11 is 0. The molecule has 4 N–H and O–H groups in total. The molecule has 7 heteroatoms. The van der Waals surface area contributed by atoms with E-state index < -0.39 is 0 Å². The molecule has 0 aromatic carbocycles. The average Bonchev–Trinajstić information content (AvgIpc) is 2.10. The Bertz CT molecular complexity index is 142. The van der Waals surface area contributed by atoms with E-state index in [0.29, 0.717) is 13.2 Å². The van der Waals surface area contributed by atoms with E-state index in [1.807, 2.05) is 0 Å². The van der Waals surface area contributed by atoms with Gasteiger partial charge in [0.2, 0.25) is 0 Å². The quantitative estimate of drug-likeness (QED) is 0.477. The lowest BCUT2D eigenvalue weighted by molar-refractivity contribution is -0.870. The molecule has 0 bridgehead atoms. The van der Waals surface area contributed by atoms with E-state index in [9.17, 15) is 0 Å². The van der Waals surface area contributed by atoms with Crippen LogP contribution in [0.5, 0.6) is 0 Å².